The number of amides is 1. The second kappa shape index (κ2) is 9.40. The van der Waals surface area contributed by atoms with Crippen LogP contribution in [0.5, 0.6) is 11.5 Å². The third-order valence-corrected chi connectivity index (χ3v) is 4.29. The maximum absolute atomic E-state index is 12.3. The number of carbonyl (C=O) groups is 1. The molecule has 0 saturated carbocycles. The normalized spacial score (nSPS) is 10.8. The summed E-state index contributed by atoms with van der Waals surface area (Å²) < 4.78 is 16.1. The molecule has 1 heterocycles. The molecule has 1 N–H and O–H groups in total. The molecule has 29 heavy (non-hydrogen) atoms. The first-order valence-corrected chi connectivity index (χ1v) is 9.15. The Labute approximate surface area is 173 Å². The van der Waals surface area contributed by atoms with Gasteiger partial charge in [-0.25, -0.2) is 0 Å². The topological polar surface area (TPSA) is 89.7 Å². The molecule has 8 nitrogen and oxygen atoms in total. The Kier molecular flexibility index (Phi) is 6.69. The molecule has 2 aromatic carbocycles. The van der Waals surface area contributed by atoms with Crippen LogP contribution in [0.1, 0.15) is 5.89 Å². The van der Waals surface area contributed by atoms with Crippen LogP contribution >= 0.6 is 11.6 Å². The average Bonchev–Trinajstić information content (AvgIpc) is 3.16. The van der Waals surface area contributed by atoms with Crippen LogP contribution in [0.3, 0.4) is 0 Å². The van der Waals surface area contributed by atoms with E-state index in [4.69, 9.17) is 25.5 Å². The van der Waals surface area contributed by atoms with Crippen molar-refractivity contribution in [3.8, 4) is 23.0 Å². The van der Waals surface area contributed by atoms with Gasteiger partial charge in [-0.3, -0.25) is 9.69 Å². The van der Waals surface area contributed by atoms with Crippen molar-refractivity contribution >= 4 is 23.2 Å². The van der Waals surface area contributed by atoms with Gasteiger partial charge in [-0.15, -0.1) is 10.2 Å². The number of hydrogen-bond acceptors (Lipinski definition) is 7. The summed E-state index contributed by atoms with van der Waals surface area (Å²) in [6.45, 7) is 0.444. The van der Waals surface area contributed by atoms with E-state index in [0.717, 1.165) is 11.3 Å². The number of rotatable bonds is 8. The maximum Gasteiger partial charge on any atom is 0.247 e. The average molecular weight is 417 g/mol. The molecule has 0 saturated heterocycles. The third kappa shape index (κ3) is 5.46. The first-order valence-electron chi connectivity index (χ1n) is 8.77. The number of hydrogen-bond donors (Lipinski definition) is 1. The van der Waals surface area contributed by atoms with Gasteiger partial charge in [0.2, 0.25) is 17.7 Å². The minimum absolute atomic E-state index is 0.121. The van der Waals surface area contributed by atoms with Gasteiger partial charge in [0, 0.05) is 10.6 Å². The number of nitrogens with zero attached hydrogens (tertiary/aromatic N) is 3. The predicted octanol–water partition coefficient (Wildman–Crippen LogP) is 3.48. The second-order valence-corrected chi connectivity index (χ2v) is 6.73. The molecular weight excluding hydrogens is 396 g/mol. The Morgan fingerprint density at radius 3 is 2.59 bits per heavy atom. The summed E-state index contributed by atoms with van der Waals surface area (Å²) in [6, 6.07) is 12.3. The molecule has 0 aliphatic rings. The highest BCUT2D eigenvalue weighted by atomic mass is 35.5. The molecule has 1 amide bonds. The Hall–Kier alpha value is -3.10. The minimum atomic E-state index is -0.219. The van der Waals surface area contributed by atoms with Gasteiger partial charge in [0.15, 0.2) is 0 Å². The fourth-order valence-corrected chi connectivity index (χ4v) is 2.84. The van der Waals surface area contributed by atoms with E-state index in [1.54, 1.807) is 37.3 Å². The second-order valence-electron chi connectivity index (χ2n) is 6.29. The first-order chi connectivity index (χ1) is 14.0. The molecule has 0 radical (unpaired) electrons. The van der Waals surface area contributed by atoms with Gasteiger partial charge < -0.3 is 19.2 Å². The van der Waals surface area contributed by atoms with Crippen LogP contribution in [0.4, 0.5) is 5.69 Å². The number of ether oxygens (including phenoxy) is 2. The molecule has 9 heteroatoms. The molecule has 1 aromatic heterocycles. The van der Waals surface area contributed by atoms with Gasteiger partial charge in [0.1, 0.15) is 11.5 Å². The van der Waals surface area contributed by atoms with Crippen LogP contribution in [0, 0.1) is 0 Å². The molecule has 152 valence electrons. The van der Waals surface area contributed by atoms with Crippen LogP contribution in [-0.2, 0) is 11.3 Å². The van der Waals surface area contributed by atoms with Gasteiger partial charge in [-0.05, 0) is 49.5 Å². The molecule has 3 aromatic rings. The van der Waals surface area contributed by atoms with E-state index in [1.807, 2.05) is 24.3 Å². The van der Waals surface area contributed by atoms with Crippen LogP contribution in [-0.4, -0.2) is 48.8 Å². The van der Waals surface area contributed by atoms with Crippen LogP contribution in [0.15, 0.2) is 46.9 Å². The first kappa shape index (κ1) is 20.6. The summed E-state index contributed by atoms with van der Waals surface area (Å²) in [5, 5.41) is 11.4. The van der Waals surface area contributed by atoms with Gasteiger partial charge in [-0.2, -0.15) is 0 Å². The molecule has 0 atom stereocenters. The van der Waals surface area contributed by atoms with Crippen molar-refractivity contribution in [2.24, 2.45) is 0 Å². The van der Waals surface area contributed by atoms with Gasteiger partial charge in [0.05, 0.1) is 33.0 Å². The smallest absolute Gasteiger partial charge is 0.247 e. The number of nitrogens with one attached hydrogen (secondary N) is 1. The third-order valence-electron chi connectivity index (χ3n) is 4.06. The molecular formula is C20H21ClN4O4. The van der Waals surface area contributed by atoms with E-state index in [0.29, 0.717) is 34.8 Å². The lowest BCUT2D eigenvalue weighted by atomic mass is 10.2. The highest BCUT2D eigenvalue weighted by molar-refractivity contribution is 6.31. The van der Waals surface area contributed by atoms with Gasteiger partial charge in [-0.1, -0.05) is 11.6 Å². The summed E-state index contributed by atoms with van der Waals surface area (Å²) in [4.78, 5) is 14.1. The molecule has 0 spiro atoms. The lowest BCUT2D eigenvalue weighted by Crippen LogP contribution is -2.30. The number of benzene rings is 2. The standard InChI is InChI=1S/C20H21ClN4O4/c1-25(11-18(26)22-16-10-14(21)6-9-17(16)28-3)12-19-23-24-20(29-19)13-4-7-15(27-2)8-5-13/h4-10H,11-12H2,1-3H3,(H,22,26). The summed E-state index contributed by atoms with van der Waals surface area (Å²) in [7, 11) is 4.92. The summed E-state index contributed by atoms with van der Waals surface area (Å²) in [5.74, 6) is 1.88. The van der Waals surface area contributed by atoms with Crippen molar-refractivity contribution in [1.82, 2.24) is 15.1 Å². The lowest BCUT2D eigenvalue weighted by Gasteiger charge is -2.15. The quantitative estimate of drug-likeness (QED) is 0.601. The zero-order valence-electron chi connectivity index (χ0n) is 16.3. The number of halogens is 1. The highest BCUT2D eigenvalue weighted by Crippen LogP contribution is 2.27. The van der Waals surface area contributed by atoms with Crippen LogP contribution in [0.25, 0.3) is 11.5 Å². The molecule has 0 aliphatic heterocycles. The molecule has 0 aliphatic carbocycles. The Balaban J connectivity index is 1.58. The van der Waals surface area contributed by atoms with Crippen molar-refractivity contribution in [2.75, 3.05) is 33.1 Å². The van der Waals surface area contributed by atoms with Crippen LogP contribution in [0.2, 0.25) is 5.02 Å². The Morgan fingerprint density at radius 1 is 1.14 bits per heavy atom. The van der Waals surface area contributed by atoms with E-state index < -0.39 is 0 Å². The van der Waals surface area contributed by atoms with Crippen molar-refractivity contribution in [1.29, 1.82) is 0 Å². The largest absolute Gasteiger partial charge is 0.497 e. The van der Waals surface area contributed by atoms with Crippen molar-refractivity contribution in [3.63, 3.8) is 0 Å². The molecule has 3 rings (SSSR count). The number of likely N-dealkylation sites (N-methyl/N-ethyl adjacent to an activating group) is 1. The SMILES string of the molecule is COc1ccc(-c2nnc(CN(C)CC(=O)Nc3cc(Cl)ccc3OC)o2)cc1. The van der Waals surface area contributed by atoms with Crippen molar-refractivity contribution in [2.45, 2.75) is 6.54 Å². The van der Waals surface area contributed by atoms with Crippen LogP contribution < -0.4 is 14.8 Å². The summed E-state index contributed by atoms with van der Waals surface area (Å²) in [6.07, 6.45) is 0. The fourth-order valence-electron chi connectivity index (χ4n) is 2.67. The van der Waals surface area contributed by atoms with E-state index >= 15 is 0 Å². The summed E-state index contributed by atoms with van der Waals surface area (Å²) in [5.41, 5.74) is 1.30. The zero-order valence-corrected chi connectivity index (χ0v) is 17.1. The fraction of sp³-hybridized carbons (Fsp3) is 0.250. The zero-order chi connectivity index (χ0) is 20.8. The van der Waals surface area contributed by atoms with Crippen molar-refractivity contribution in [3.05, 3.63) is 53.4 Å². The van der Waals surface area contributed by atoms with E-state index in [9.17, 15) is 4.79 Å². The number of methoxy groups -OCH3 is 2. The van der Waals surface area contributed by atoms with Crippen molar-refractivity contribution < 1.29 is 18.7 Å². The Morgan fingerprint density at radius 2 is 1.90 bits per heavy atom. The lowest BCUT2D eigenvalue weighted by molar-refractivity contribution is -0.117. The molecule has 0 bridgehead atoms. The maximum atomic E-state index is 12.3. The van der Waals surface area contributed by atoms with Gasteiger partial charge >= 0.3 is 0 Å². The predicted molar refractivity (Wildman–Crippen MR) is 109 cm³/mol. The van der Waals surface area contributed by atoms with Gasteiger partial charge in [0.25, 0.3) is 0 Å². The summed E-state index contributed by atoms with van der Waals surface area (Å²) >= 11 is 5.99. The van der Waals surface area contributed by atoms with E-state index in [-0.39, 0.29) is 12.5 Å². The number of aromatic nitrogens is 2. The highest BCUT2D eigenvalue weighted by Gasteiger charge is 2.14. The Bertz CT molecular complexity index is 975. The number of anilines is 1. The minimum Gasteiger partial charge on any atom is -0.497 e. The molecule has 0 unspecified atom stereocenters. The monoisotopic (exact) mass is 416 g/mol. The van der Waals surface area contributed by atoms with E-state index in [2.05, 4.69) is 15.5 Å². The molecule has 0 fully saturated rings. The number of carbonyl (C=O) groups excluding carboxylic acids is 1. The van der Waals surface area contributed by atoms with E-state index in [1.165, 1.54) is 7.11 Å².